The second kappa shape index (κ2) is 5.96. The second-order valence-corrected chi connectivity index (χ2v) is 5.21. The minimum Gasteiger partial charge on any atom is -0.495 e. The molecule has 1 amide bonds. The van der Waals surface area contributed by atoms with Crippen molar-refractivity contribution in [3.8, 4) is 5.75 Å². The zero-order chi connectivity index (χ0) is 14.7. The molecular weight excluding hydrogens is 320 g/mol. The largest absolute Gasteiger partial charge is 0.495 e. The van der Waals surface area contributed by atoms with Gasteiger partial charge in [0, 0.05) is 4.47 Å². The van der Waals surface area contributed by atoms with Crippen molar-refractivity contribution in [2.45, 2.75) is 6.92 Å². The van der Waals surface area contributed by atoms with Crippen LogP contribution in [0.4, 0.5) is 11.4 Å². The predicted octanol–water partition coefficient (Wildman–Crippen LogP) is 3.60. The molecule has 0 bridgehead atoms. The Balaban J connectivity index is 2.28. The van der Waals surface area contributed by atoms with E-state index < -0.39 is 0 Å². The maximum absolute atomic E-state index is 12.3. The first-order valence-electron chi connectivity index (χ1n) is 6.03. The number of rotatable bonds is 3. The molecule has 0 unspecified atom stereocenters. The summed E-state index contributed by atoms with van der Waals surface area (Å²) in [7, 11) is 1.52. The van der Waals surface area contributed by atoms with Gasteiger partial charge in [0.05, 0.1) is 24.0 Å². The van der Waals surface area contributed by atoms with Crippen molar-refractivity contribution in [1.82, 2.24) is 0 Å². The Hall–Kier alpha value is -2.01. The van der Waals surface area contributed by atoms with Crippen LogP contribution < -0.4 is 15.8 Å². The van der Waals surface area contributed by atoms with Crippen molar-refractivity contribution in [2.75, 3.05) is 18.2 Å². The molecule has 0 radical (unpaired) electrons. The van der Waals surface area contributed by atoms with E-state index in [4.69, 9.17) is 10.5 Å². The molecule has 0 atom stereocenters. The third-order valence-corrected chi connectivity index (χ3v) is 3.56. The third kappa shape index (κ3) is 2.93. The molecule has 0 spiro atoms. The zero-order valence-electron chi connectivity index (χ0n) is 11.2. The van der Waals surface area contributed by atoms with Gasteiger partial charge in [-0.15, -0.1) is 0 Å². The molecule has 0 aliphatic rings. The molecular formula is C15H15BrN2O2. The normalized spacial score (nSPS) is 10.2. The van der Waals surface area contributed by atoms with Crippen LogP contribution in [0.3, 0.4) is 0 Å². The van der Waals surface area contributed by atoms with Gasteiger partial charge < -0.3 is 15.8 Å². The van der Waals surface area contributed by atoms with E-state index in [1.807, 2.05) is 25.1 Å². The van der Waals surface area contributed by atoms with Crippen molar-refractivity contribution in [3.05, 3.63) is 52.0 Å². The van der Waals surface area contributed by atoms with Crippen molar-refractivity contribution in [1.29, 1.82) is 0 Å². The third-order valence-electron chi connectivity index (χ3n) is 2.90. The maximum atomic E-state index is 12.3. The number of carbonyl (C=O) groups excluding carboxylic acids is 1. The van der Waals surface area contributed by atoms with Crippen molar-refractivity contribution >= 4 is 33.2 Å². The lowest BCUT2D eigenvalue weighted by Gasteiger charge is -2.11. The molecule has 0 aromatic heterocycles. The first-order chi connectivity index (χ1) is 9.52. The number of nitrogens with two attached hydrogens (primary N) is 1. The first-order valence-corrected chi connectivity index (χ1v) is 6.82. The van der Waals surface area contributed by atoms with E-state index in [-0.39, 0.29) is 5.91 Å². The lowest BCUT2D eigenvalue weighted by atomic mass is 10.1. The zero-order valence-corrected chi connectivity index (χ0v) is 12.8. The van der Waals surface area contributed by atoms with Crippen LogP contribution in [-0.4, -0.2) is 13.0 Å². The van der Waals surface area contributed by atoms with Gasteiger partial charge in [0.15, 0.2) is 0 Å². The molecule has 3 N–H and O–H groups in total. The number of carbonyl (C=O) groups is 1. The number of nitrogens with one attached hydrogen (secondary N) is 1. The molecule has 0 saturated heterocycles. The molecule has 2 rings (SSSR count). The molecule has 4 nitrogen and oxygen atoms in total. The van der Waals surface area contributed by atoms with E-state index >= 15 is 0 Å². The van der Waals surface area contributed by atoms with E-state index in [0.29, 0.717) is 22.7 Å². The summed E-state index contributed by atoms with van der Waals surface area (Å²) in [4.78, 5) is 12.3. The van der Waals surface area contributed by atoms with E-state index in [1.54, 1.807) is 18.2 Å². The Bertz CT molecular complexity index is 656. The summed E-state index contributed by atoms with van der Waals surface area (Å²) < 4.78 is 5.94. The topological polar surface area (TPSA) is 64.3 Å². The Morgan fingerprint density at radius 3 is 2.70 bits per heavy atom. The first kappa shape index (κ1) is 14.4. The quantitative estimate of drug-likeness (QED) is 0.843. The Kier molecular flexibility index (Phi) is 4.29. The average molecular weight is 335 g/mol. The van der Waals surface area contributed by atoms with E-state index in [2.05, 4.69) is 21.2 Å². The summed E-state index contributed by atoms with van der Waals surface area (Å²) in [5, 5.41) is 2.82. The number of benzene rings is 2. The fraction of sp³-hybridized carbons (Fsp3) is 0.133. The minimum atomic E-state index is -0.272. The Morgan fingerprint density at radius 1 is 1.30 bits per heavy atom. The number of para-hydroxylation sites is 1. The molecule has 0 saturated carbocycles. The van der Waals surface area contributed by atoms with Gasteiger partial charge in [0.2, 0.25) is 0 Å². The second-order valence-electron chi connectivity index (χ2n) is 4.36. The summed E-state index contributed by atoms with van der Waals surface area (Å²) in [6, 6.07) is 10.8. The van der Waals surface area contributed by atoms with Gasteiger partial charge >= 0.3 is 0 Å². The number of amides is 1. The fourth-order valence-electron chi connectivity index (χ4n) is 1.83. The molecule has 20 heavy (non-hydrogen) atoms. The van der Waals surface area contributed by atoms with Gasteiger partial charge in [-0.05, 0) is 52.7 Å². The fourth-order valence-corrected chi connectivity index (χ4v) is 2.42. The van der Waals surface area contributed by atoms with E-state index in [0.717, 1.165) is 10.0 Å². The van der Waals surface area contributed by atoms with Gasteiger partial charge in [-0.3, -0.25) is 4.79 Å². The lowest BCUT2D eigenvalue weighted by molar-refractivity contribution is 0.102. The molecule has 0 fully saturated rings. The molecule has 2 aromatic carbocycles. The van der Waals surface area contributed by atoms with Crippen molar-refractivity contribution in [2.24, 2.45) is 0 Å². The standard InChI is InChI=1S/C15H15BrN2O2/c1-9-6-7-12(11(16)8-9)18-15(19)10-4-3-5-13(20-2)14(10)17/h3-8H,17H2,1-2H3,(H,18,19). The van der Waals surface area contributed by atoms with Crippen LogP contribution in [0.1, 0.15) is 15.9 Å². The van der Waals surface area contributed by atoms with Crippen LogP contribution >= 0.6 is 15.9 Å². The monoisotopic (exact) mass is 334 g/mol. The smallest absolute Gasteiger partial charge is 0.257 e. The van der Waals surface area contributed by atoms with Gasteiger partial charge in [0.1, 0.15) is 5.75 Å². The van der Waals surface area contributed by atoms with Crippen LogP contribution in [0.15, 0.2) is 40.9 Å². The molecule has 2 aromatic rings. The highest BCUT2D eigenvalue weighted by Crippen LogP contribution is 2.27. The summed E-state index contributed by atoms with van der Waals surface area (Å²) in [5.41, 5.74) is 8.43. The average Bonchev–Trinajstić information content (AvgIpc) is 2.42. The number of methoxy groups -OCH3 is 1. The number of ether oxygens (including phenoxy) is 1. The SMILES string of the molecule is COc1cccc(C(=O)Nc2ccc(C)cc2Br)c1N. The highest BCUT2D eigenvalue weighted by atomic mass is 79.9. The van der Waals surface area contributed by atoms with Crippen molar-refractivity contribution in [3.63, 3.8) is 0 Å². The maximum Gasteiger partial charge on any atom is 0.257 e. The number of hydrogen-bond donors (Lipinski definition) is 2. The summed E-state index contributed by atoms with van der Waals surface area (Å²) in [5.74, 6) is 0.214. The minimum absolute atomic E-state index is 0.272. The van der Waals surface area contributed by atoms with E-state index in [9.17, 15) is 4.79 Å². The van der Waals surface area contributed by atoms with Crippen LogP contribution in [0.2, 0.25) is 0 Å². The molecule has 104 valence electrons. The molecule has 0 aliphatic heterocycles. The lowest BCUT2D eigenvalue weighted by Crippen LogP contribution is -2.14. The van der Waals surface area contributed by atoms with Gasteiger partial charge in [0.25, 0.3) is 5.91 Å². The number of nitrogen functional groups attached to an aromatic ring is 1. The number of halogens is 1. The summed E-state index contributed by atoms with van der Waals surface area (Å²) in [6.07, 6.45) is 0. The summed E-state index contributed by atoms with van der Waals surface area (Å²) in [6.45, 7) is 1.98. The highest BCUT2D eigenvalue weighted by molar-refractivity contribution is 9.10. The van der Waals surface area contributed by atoms with Crippen LogP contribution in [-0.2, 0) is 0 Å². The van der Waals surface area contributed by atoms with Gasteiger partial charge in [-0.2, -0.15) is 0 Å². The molecule has 0 heterocycles. The van der Waals surface area contributed by atoms with Gasteiger partial charge in [-0.25, -0.2) is 0 Å². The van der Waals surface area contributed by atoms with Gasteiger partial charge in [-0.1, -0.05) is 12.1 Å². The summed E-state index contributed by atoms with van der Waals surface area (Å²) >= 11 is 3.42. The molecule has 5 heteroatoms. The van der Waals surface area contributed by atoms with Crippen molar-refractivity contribution < 1.29 is 9.53 Å². The number of hydrogen-bond acceptors (Lipinski definition) is 3. The Labute approximate surface area is 126 Å². The Morgan fingerprint density at radius 2 is 2.05 bits per heavy atom. The van der Waals surface area contributed by atoms with Crippen LogP contribution in [0, 0.1) is 6.92 Å². The molecule has 0 aliphatic carbocycles. The highest BCUT2D eigenvalue weighted by Gasteiger charge is 2.14. The number of aryl methyl sites for hydroxylation is 1. The van der Waals surface area contributed by atoms with Crippen LogP contribution in [0.5, 0.6) is 5.75 Å². The number of anilines is 2. The predicted molar refractivity (Wildman–Crippen MR) is 84.2 cm³/mol. The van der Waals surface area contributed by atoms with E-state index in [1.165, 1.54) is 7.11 Å². The van der Waals surface area contributed by atoms with Crippen LogP contribution in [0.25, 0.3) is 0 Å².